The highest BCUT2D eigenvalue weighted by molar-refractivity contribution is 5.83. The lowest BCUT2D eigenvalue weighted by Crippen LogP contribution is -2.42. The van der Waals surface area contributed by atoms with Gasteiger partial charge in [0.25, 0.3) is 0 Å². The van der Waals surface area contributed by atoms with Gasteiger partial charge in [-0.1, -0.05) is 17.3 Å². The zero-order chi connectivity index (χ0) is 17.7. The van der Waals surface area contributed by atoms with Crippen LogP contribution in [0.1, 0.15) is 29.0 Å². The molecule has 1 atom stereocenters. The Bertz CT molecular complexity index is 702. The molecule has 0 fully saturated rings. The number of nitrogens with zero attached hydrogens (tertiary/aromatic N) is 1. The fraction of sp³-hybridized carbons (Fsp3) is 0.353. The van der Waals surface area contributed by atoms with Crippen LogP contribution in [0.2, 0.25) is 0 Å². The molecule has 1 heterocycles. The molecular formula is C17H20N2O5. The Morgan fingerprint density at radius 1 is 1.25 bits per heavy atom. The predicted molar refractivity (Wildman–Crippen MR) is 85.7 cm³/mol. The summed E-state index contributed by atoms with van der Waals surface area (Å²) in [4.78, 5) is 23.4. The highest BCUT2D eigenvalue weighted by atomic mass is 16.5. The average Bonchev–Trinajstić information content (AvgIpc) is 2.85. The van der Waals surface area contributed by atoms with Crippen molar-refractivity contribution in [2.45, 2.75) is 39.2 Å². The van der Waals surface area contributed by atoms with Gasteiger partial charge in [0, 0.05) is 18.4 Å². The summed E-state index contributed by atoms with van der Waals surface area (Å²) in [6.07, 6.45) is 0.744. The van der Waals surface area contributed by atoms with Crippen LogP contribution in [0.3, 0.4) is 0 Å². The van der Waals surface area contributed by atoms with Gasteiger partial charge >= 0.3 is 5.97 Å². The van der Waals surface area contributed by atoms with E-state index in [4.69, 9.17) is 4.52 Å². The van der Waals surface area contributed by atoms with Gasteiger partial charge in [0.05, 0.1) is 5.69 Å². The Labute approximate surface area is 139 Å². The number of carboxylic acids is 1. The lowest BCUT2D eigenvalue weighted by Gasteiger charge is -2.14. The highest BCUT2D eigenvalue weighted by Gasteiger charge is 2.21. The molecule has 0 unspecified atom stereocenters. The molecule has 0 spiro atoms. The van der Waals surface area contributed by atoms with Crippen LogP contribution in [0.5, 0.6) is 5.75 Å². The first-order valence-corrected chi connectivity index (χ1v) is 7.58. The number of benzene rings is 1. The molecule has 24 heavy (non-hydrogen) atoms. The van der Waals surface area contributed by atoms with Crippen molar-refractivity contribution in [3.8, 4) is 5.75 Å². The van der Waals surface area contributed by atoms with Gasteiger partial charge in [-0.3, -0.25) is 4.79 Å². The van der Waals surface area contributed by atoms with E-state index in [-0.39, 0.29) is 24.5 Å². The number of carbonyl (C=O) groups excluding carboxylic acids is 1. The molecule has 0 aliphatic carbocycles. The van der Waals surface area contributed by atoms with Gasteiger partial charge < -0.3 is 20.1 Å². The third kappa shape index (κ3) is 4.58. The topological polar surface area (TPSA) is 113 Å². The number of carboxylic acid groups (broad SMARTS) is 1. The number of aryl methyl sites for hydroxylation is 2. The summed E-state index contributed by atoms with van der Waals surface area (Å²) >= 11 is 0. The molecular weight excluding hydrogens is 312 g/mol. The van der Waals surface area contributed by atoms with E-state index >= 15 is 0 Å². The Kier molecular flexibility index (Phi) is 5.57. The third-order valence-electron chi connectivity index (χ3n) is 3.79. The predicted octanol–water partition coefficient (Wildman–Crippen LogP) is 1.74. The second-order valence-electron chi connectivity index (χ2n) is 5.63. The number of rotatable bonds is 7. The van der Waals surface area contributed by atoms with Crippen LogP contribution in [-0.4, -0.2) is 33.3 Å². The summed E-state index contributed by atoms with van der Waals surface area (Å²) in [7, 11) is 0. The van der Waals surface area contributed by atoms with Gasteiger partial charge in [-0.05, 0) is 38.0 Å². The molecule has 7 heteroatoms. The van der Waals surface area contributed by atoms with Gasteiger partial charge in [-0.2, -0.15) is 0 Å². The molecule has 0 aliphatic rings. The molecule has 1 amide bonds. The number of carbonyl (C=O) groups is 2. The monoisotopic (exact) mass is 332 g/mol. The van der Waals surface area contributed by atoms with Gasteiger partial charge in [-0.15, -0.1) is 0 Å². The van der Waals surface area contributed by atoms with Crippen molar-refractivity contribution >= 4 is 11.9 Å². The molecule has 2 rings (SSSR count). The molecule has 2 aromatic rings. The van der Waals surface area contributed by atoms with Crippen molar-refractivity contribution in [1.82, 2.24) is 10.5 Å². The summed E-state index contributed by atoms with van der Waals surface area (Å²) in [5, 5.41) is 24.9. The van der Waals surface area contributed by atoms with Gasteiger partial charge in [0.2, 0.25) is 5.91 Å². The number of phenolic OH excluding ortho intramolecular Hbond substituents is 1. The van der Waals surface area contributed by atoms with E-state index in [2.05, 4.69) is 10.5 Å². The second-order valence-corrected chi connectivity index (χ2v) is 5.63. The van der Waals surface area contributed by atoms with E-state index in [1.165, 1.54) is 12.1 Å². The molecule has 7 nitrogen and oxygen atoms in total. The van der Waals surface area contributed by atoms with Crippen LogP contribution in [0, 0.1) is 13.8 Å². The Morgan fingerprint density at radius 3 is 2.46 bits per heavy atom. The molecule has 0 saturated heterocycles. The van der Waals surface area contributed by atoms with E-state index in [0.29, 0.717) is 17.7 Å². The maximum atomic E-state index is 12.1. The zero-order valence-electron chi connectivity index (χ0n) is 13.6. The number of hydrogen-bond donors (Lipinski definition) is 3. The molecule has 0 radical (unpaired) electrons. The number of aromatic nitrogens is 1. The van der Waals surface area contributed by atoms with E-state index in [9.17, 15) is 19.8 Å². The largest absolute Gasteiger partial charge is 0.508 e. The number of aromatic hydroxyl groups is 1. The van der Waals surface area contributed by atoms with Crippen LogP contribution in [0.4, 0.5) is 0 Å². The molecule has 0 bridgehead atoms. The number of nitrogens with one attached hydrogen (secondary N) is 1. The van der Waals surface area contributed by atoms with Crippen molar-refractivity contribution in [1.29, 1.82) is 0 Å². The fourth-order valence-electron chi connectivity index (χ4n) is 2.43. The van der Waals surface area contributed by atoms with Crippen molar-refractivity contribution in [3.63, 3.8) is 0 Å². The number of aliphatic carboxylic acids is 1. The summed E-state index contributed by atoms with van der Waals surface area (Å²) in [6, 6.07) is 5.19. The van der Waals surface area contributed by atoms with Crippen molar-refractivity contribution < 1.29 is 24.3 Å². The second kappa shape index (κ2) is 7.63. The summed E-state index contributed by atoms with van der Waals surface area (Å²) in [5.41, 5.74) is 2.32. The minimum Gasteiger partial charge on any atom is -0.508 e. The maximum absolute atomic E-state index is 12.1. The van der Waals surface area contributed by atoms with Crippen molar-refractivity contribution in [3.05, 3.63) is 46.8 Å². The Morgan fingerprint density at radius 2 is 1.92 bits per heavy atom. The molecule has 1 aromatic carbocycles. The summed E-state index contributed by atoms with van der Waals surface area (Å²) in [5.74, 6) is -0.678. The fourth-order valence-corrected chi connectivity index (χ4v) is 2.43. The molecule has 0 aliphatic heterocycles. The van der Waals surface area contributed by atoms with Gasteiger partial charge in [0.15, 0.2) is 0 Å². The number of phenols is 1. The van der Waals surface area contributed by atoms with Crippen LogP contribution >= 0.6 is 0 Å². The summed E-state index contributed by atoms with van der Waals surface area (Å²) in [6.45, 7) is 3.58. The third-order valence-corrected chi connectivity index (χ3v) is 3.79. The minimum atomic E-state index is -1.10. The number of amides is 1. The van der Waals surface area contributed by atoms with Gasteiger partial charge in [0.1, 0.15) is 17.6 Å². The van der Waals surface area contributed by atoms with E-state index in [1.807, 2.05) is 0 Å². The standard InChI is InChI=1S/C17H20N2O5/c1-10-14(11(2)24-19-10)7-8-16(21)18-15(17(22)23)9-12-3-5-13(20)6-4-12/h3-6,15,20H,7-9H2,1-2H3,(H,18,21)(H,22,23)/t15-/m0/s1. The SMILES string of the molecule is Cc1noc(C)c1CCC(=O)N[C@@H](Cc1ccc(O)cc1)C(=O)O. The lowest BCUT2D eigenvalue weighted by molar-refractivity contribution is -0.141. The molecule has 0 saturated carbocycles. The summed E-state index contributed by atoms with van der Waals surface area (Å²) < 4.78 is 5.04. The Hall–Kier alpha value is -2.83. The first kappa shape index (κ1) is 17.5. The lowest BCUT2D eigenvalue weighted by atomic mass is 10.0. The first-order chi connectivity index (χ1) is 11.4. The number of hydrogen-bond acceptors (Lipinski definition) is 5. The van der Waals surface area contributed by atoms with Gasteiger partial charge in [-0.25, -0.2) is 4.79 Å². The molecule has 128 valence electrons. The van der Waals surface area contributed by atoms with E-state index < -0.39 is 12.0 Å². The smallest absolute Gasteiger partial charge is 0.326 e. The first-order valence-electron chi connectivity index (χ1n) is 7.58. The zero-order valence-corrected chi connectivity index (χ0v) is 13.6. The highest BCUT2D eigenvalue weighted by Crippen LogP contribution is 2.15. The van der Waals surface area contributed by atoms with Crippen LogP contribution in [0.25, 0.3) is 0 Å². The normalized spacial score (nSPS) is 11.9. The Balaban J connectivity index is 1.93. The van der Waals surface area contributed by atoms with Crippen molar-refractivity contribution in [2.75, 3.05) is 0 Å². The quantitative estimate of drug-likeness (QED) is 0.712. The molecule has 1 aromatic heterocycles. The van der Waals surface area contributed by atoms with Crippen LogP contribution in [-0.2, 0) is 22.4 Å². The van der Waals surface area contributed by atoms with E-state index in [1.54, 1.807) is 26.0 Å². The average molecular weight is 332 g/mol. The maximum Gasteiger partial charge on any atom is 0.326 e. The van der Waals surface area contributed by atoms with Crippen LogP contribution in [0.15, 0.2) is 28.8 Å². The van der Waals surface area contributed by atoms with Crippen LogP contribution < -0.4 is 5.32 Å². The molecule has 3 N–H and O–H groups in total. The van der Waals surface area contributed by atoms with Crippen molar-refractivity contribution in [2.24, 2.45) is 0 Å². The van der Waals surface area contributed by atoms with E-state index in [0.717, 1.165) is 11.3 Å². The minimum absolute atomic E-state index is 0.106.